The minimum absolute atomic E-state index is 0.125. The number of likely N-dealkylation sites (N-methyl/N-ethyl adjacent to an activating group) is 1. The predicted molar refractivity (Wildman–Crippen MR) is 64.7 cm³/mol. The molecule has 2 amide bonds. The second-order valence-electron chi connectivity index (χ2n) is 3.37. The maximum atomic E-state index is 11.9. The van der Waals surface area contributed by atoms with Crippen LogP contribution in [0.25, 0.3) is 0 Å². The van der Waals surface area contributed by atoms with Crippen molar-refractivity contribution in [3.63, 3.8) is 0 Å². The Morgan fingerprint density at radius 1 is 1.44 bits per heavy atom. The minimum atomic E-state index is -0.559. The fraction of sp³-hybridized carbons (Fsp3) is 0.200. The molecule has 0 radical (unpaired) electrons. The number of benzene rings is 1. The van der Waals surface area contributed by atoms with Gasteiger partial charge in [0.1, 0.15) is 0 Å². The first-order chi connectivity index (χ1) is 7.41. The van der Waals surface area contributed by atoms with E-state index in [1.54, 1.807) is 18.2 Å². The summed E-state index contributed by atoms with van der Waals surface area (Å²) in [5, 5.41) is 0. The molecule has 4 N–H and O–H groups in total. The van der Waals surface area contributed by atoms with Gasteiger partial charge in [0.15, 0.2) is 0 Å². The second kappa shape index (κ2) is 4.98. The minimum Gasteiger partial charge on any atom is -0.399 e. The third-order valence-corrected chi connectivity index (χ3v) is 2.65. The van der Waals surface area contributed by atoms with Gasteiger partial charge in [-0.05, 0) is 34.1 Å². The Morgan fingerprint density at radius 3 is 2.62 bits per heavy atom. The lowest BCUT2D eigenvalue weighted by Gasteiger charge is -2.16. The van der Waals surface area contributed by atoms with Crippen molar-refractivity contribution in [3.05, 3.63) is 28.2 Å². The van der Waals surface area contributed by atoms with Gasteiger partial charge in [-0.1, -0.05) is 0 Å². The maximum Gasteiger partial charge on any atom is 0.255 e. The zero-order chi connectivity index (χ0) is 12.3. The number of anilines is 1. The number of nitrogens with two attached hydrogens (primary N) is 2. The number of nitrogen functional groups attached to an aromatic ring is 1. The van der Waals surface area contributed by atoms with Crippen molar-refractivity contribution < 1.29 is 9.59 Å². The van der Waals surface area contributed by atoms with Crippen molar-refractivity contribution in [1.82, 2.24) is 4.90 Å². The first kappa shape index (κ1) is 12.5. The molecule has 0 unspecified atom stereocenters. The van der Waals surface area contributed by atoms with Crippen LogP contribution in [0.2, 0.25) is 0 Å². The number of carbonyl (C=O) groups is 2. The third-order valence-electron chi connectivity index (χ3n) is 1.96. The fourth-order valence-corrected chi connectivity index (χ4v) is 1.63. The predicted octanol–water partition coefficient (Wildman–Crippen LogP) is 0.589. The van der Waals surface area contributed by atoms with Crippen LogP contribution in [0.1, 0.15) is 10.4 Å². The van der Waals surface area contributed by atoms with Crippen LogP contribution in [0.3, 0.4) is 0 Å². The molecular formula is C10H12BrN3O2. The van der Waals surface area contributed by atoms with Crippen LogP contribution in [-0.2, 0) is 4.79 Å². The fourth-order valence-electron chi connectivity index (χ4n) is 1.22. The van der Waals surface area contributed by atoms with E-state index in [-0.39, 0.29) is 12.5 Å². The van der Waals surface area contributed by atoms with Crippen LogP contribution in [0.15, 0.2) is 22.7 Å². The number of carbonyl (C=O) groups excluding carboxylic acids is 2. The van der Waals surface area contributed by atoms with Gasteiger partial charge in [-0.3, -0.25) is 9.59 Å². The summed E-state index contributed by atoms with van der Waals surface area (Å²) in [4.78, 5) is 23.8. The molecule has 0 spiro atoms. The number of nitrogens with zero attached hydrogens (tertiary/aromatic N) is 1. The Morgan fingerprint density at radius 2 is 2.06 bits per heavy atom. The van der Waals surface area contributed by atoms with Gasteiger partial charge in [-0.15, -0.1) is 0 Å². The van der Waals surface area contributed by atoms with Gasteiger partial charge in [0.05, 0.1) is 12.1 Å². The molecular weight excluding hydrogens is 274 g/mol. The summed E-state index contributed by atoms with van der Waals surface area (Å²) in [7, 11) is 1.50. The zero-order valence-corrected chi connectivity index (χ0v) is 10.3. The highest BCUT2D eigenvalue weighted by atomic mass is 79.9. The van der Waals surface area contributed by atoms with Crippen molar-refractivity contribution in [1.29, 1.82) is 0 Å². The van der Waals surface area contributed by atoms with Crippen LogP contribution in [0.4, 0.5) is 5.69 Å². The molecule has 0 saturated carbocycles. The Labute approximate surface area is 102 Å². The topological polar surface area (TPSA) is 89.4 Å². The number of primary amides is 1. The quantitative estimate of drug-likeness (QED) is 0.797. The van der Waals surface area contributed by atoms with E-state index >= 15 is 0 Å². The van der Waals surface area contributed by atoms with Crippen molar-refractivity contribution in [2.24, 2.45) is 5.73 Å². The van der Waals surface area contributed by atoms with Crippen LogP contribution in [-0.4, -0.2) is 30.3 Å². The Kier molecular flexibility index (Phi) is 3.89. The van der Waals surface area contributed by atoms with E-state index in [1.165, 1.54) is 11.9 Å². The molecule has 0 fully saturated rings. The molecule has 86 valence electrons. The average molecular weight is 286 g/mol. The zero-order valence-electron chi connectivity index (χ0n) is 8.74. The van der Waals surface area contributed by atoms with E-state index in [0.29, 0.717) is 15.7 Å². The monoisotopic (exact) mass is 285 g/mol. The number of halogens is 1. The Balaban J connectivity index is 2.95. The Hall–Kier alpha value is -1.56. The summed E-state index contributed by atoms with van der Waals surface area (Å²) >= 11 is 3.25. The lowest BCUT2D eigenvalue weighted by molar-refractivity contribution is -0.118. The molecule has 0 atom stereocenters. The molecule has 0 aliphatic carbocycles. The van der Waals surface area contributed by atoms with E-state index in [9.17, 15) is 9.59 Å². The van der Waals surface area contributed by atoms with Gasteiger partial charge in [0, 0.05) is 17.2 Å². The molecule has 0 aliphatic heterocycles. The van der Waals surface area contributed by atoms with Crippen LogP contribution in [0.5, 0.6) is 0 Å². The second-order valence-corrected chi connectivity index (χ2v) is 4.22. The summed E-state index contributed by atoms with van der Waals surface area (Å²) in [6, 6.07) is 4.90. The molecule has 6 heteroatoms. The van der Waals surface area contributed by atoms with Gasteiger partial charge < -0.3 is 16.4 Å². The highest BCUT2D eigenvalue weighted by Gasteiger charge is 2.16. The molecule has 16 heavy (non-hydrogen) atoms. The standard InChI is InChI=1S/C10H12BrN3O2/c1-14(5-9(13)15)10(16)7-4-6(12)2-3-8(7)11/h2-4H,5,12H2,1H3,(H2,13,15). The van der Waals surface area contributed by atoms with Crippen molar-refractivity contribution in [2.75, 3.05) is 19.3 Å². The van der Waals surface area contributed by atoms with Crippen LogP contribution in [0, 0.1) is 0 Å². The molecule has 1 aromatic rings. The first-order valence-electron chi connectivity index (χ1n) is 4.50. The number of hydrogen-bond donors (Lipinski definition) is 2. The number of hydrogen-bond acceptors (Lipinski definition) is 3. The van der Waals surface area contributed by atoms with Crippen LogP contribution < -0.4 is 11.5 Å². The molecule has 0 bridgehead atoms. The largest absolute Gasteiger partial charge is 0.399 e. The number of rotatable bonds is 3. The van der Waals surface area contributed by atoms with Gasteiger partial charge in [0.25, 0.3) is 5.91 Å². The smallest absolute Gasteiger partial charge is 0.255 e. The SMILES string of the molecule is CN(CC(N)=O)C(=O)c1cc(N)ccc1Br. The maximum absolute atomic E-state index is 11.9. The van der Waals surface area contributed by atoms with E-state index in [4.69, 9.17) is 11.5 Å². The molecule has 0 aromatic heterocycles. The summed E-state index contributed by atoms with van der Waals surface area (Å²) in [6.07, 6.45) is 0. The lowest BCUT2D eigenvalue weighted by Crippen LogP contribution is -2.35. The van der Waals surface area contributed by atoms with E-state index in [1.807, 2.05) is 0 Å². The van der Waals surface area contributed by atoms with Crippen LogP contribution >= 0.6 is 15.9 Å². The summed E-state index contributed by atoms with van der Waals surface area (Å²) in [6.45, 7) is -0.125. The summed E-state index contributed by atoms with van der Waals surface area (Å²) < 4.78 is 0.628. The first-order valence-corrected chi connectivity index (χ1v) is 5.30. The molecule has 5 nitrogen and oxygen atoms in total. The lowest BCUT2D eigenvalue weighted by atomic mass is 10.2. The highest BCUT2D eigenvalue weighted by molar-refractivity contribution is 9.10. The van der Waals surface area contributed by atoms with Crippen molar-refractivity contribution >= 4 is 33.4 Å². The molecule has 0 saturated heterocycles. The van der Waals surface area contributed by atoms with Gasteiger partial charge in [-0.2, -0.15) is 0 Å². The molecule has 1 rings (SSSR count). The summed E-state index contributed by atoms with van der Waals surface area (Å²) in [5.41, 5.74) is 11.5. The van der Waals surface area contributed by atoms with Gasteiger partial charge in [-0.25, -0.2) is 0 Å². The molecule has 1 aromatic carbocycles. The average Bonchev–Trinajstić information content (AvgIpc) is 2.19. The van der Waals surface area contributed by atoms with Gasteiger partial charge in [0.2, 0.25) is 5.91 Å². The third kappa shape index (κ3) is 2.96. The summed E-state index contributed by atoms with van der Waals surface area (Å²) in [5.74, 6) is -0.867. The van der Waals surface area contributed by atoms with Gasteiger partial charge >= 0.3 is 0 Å². The number of amides is 2. The molecule has 0 aliphatic rings. The molecule has 0 heterocycles. The normalized spacial score (nSPS) is 9.88. The van der Waals surface area contributed by atoms with E-state index < -0.39 is 5.91 Å². The van der Waals surface area contributed by atoms with E-state index in [2.05, 4.69) is 15.9 Å². The Bertz CT molecular complexity index is 434. The van der Waals surface area contributed by atoms with Crippen molar-refractivity contribution in [3.8, 4) is 0 Å². The van der Waals surface area contributed by atoms with E-state index in [0.717, 1.165) is 0 Å². The highest BCUT2D eigenvalue weighted by Crippen LogP contribution is 2.20. The van der Waals surface area contributed by atoms with Crippen molar-refractivity contribution in [2.45, 2.75) is 0 Å².